The van der Waals surface area contributed by atoms with Crippen LogP contribution in [0.15, 0.2) is 11.6 Å². The topological polar surface area (TPSA) is 73.4 Å². The van der Waals surface area contributed by atoms with Crippen molar-refractivity contribution >= 4 is 38.8 Å². The summed E-state index contributed by atoms with van der Waals surface area (Å²) < 4.78 is 0. The molecule has 148 valence electrons. The molecule has 0 radical (unpaired) electrons. The SMILES string of the molecule is CC(C)c1cnc(NC(=O)Cc2csc(NCCN3CCN(C)CC3)n2)s1. The zero-order valence-corrected chi connectivity index (χ0v) is 17.8. The molecule has 1 saturated heterocycles. The Labute approximate surface area is 168 Å². The molecule has 3 rings (SSSR count). The van der Waals surface area contributed by atoms with E-state index in [1.165, 1.54) is 16.2 Å². The molecule has 9 heteroatoms. The van der Waals surface area contributed by atoms with Crippen molar-refractivity contribution in [3.05, 3.63) is 22.1 Å². The summed E-state index contributed by atoms with van der Waals surface area (Å²) in [4.78, 5) is 27.0. The quantitative estimate of drug-likeness (QED) is 0.699. The summed E-state index contributed by atoms with van der Waals surface area (Å²) in [6.07, 6.45) is 2.10. The zero-order chi connectivity index (χ0) is 19.2. The minimum Gasteiger partial charge on any atom is -0.360 e. The van der Waals surface area contributed by atoms with E-state index in [9.17, 15) is 4.79 Å². The first-order valence-electron chi connectivity index (χ1n) is 9.34. The minimum absolute atomic E-state index is 0.0751. The lowest BCUT2D eigenvalue weighted by Crippen LogP contribution is -2.45. The number of carbonyl (C=O) groups is 1. The number of likely N-dealkylation sites (N-methyl/N-ethyl adjacent to an activating group) is 1. The largest absolute Gasteiger partial charge is 0.360 e. The summed E-state index contributed by atoms with van der Waals surface area (Å²) in [6, 6.07) is 0. The molecule has 1 aliphatic rings. The fourth-order valence-corrected chi connectivity index (χ4v) is 4.37. The third-order valence-corrected chi connectivity index (χ3v) is 6.59. The van der Waals surface area contributed by atoms with Crippen molar-refractivity contribution in [3.8, 4) is 0 Å². The van der Waals surface area contributed by atoms with E-state index in [0.717, 1.165) is 50.1 Å². The van der Waals surface area contributed by atoms with Crippen molar-refractivity contribution in [1.29, 1.82) is 0 Å². The summed E-state index contributed by atoms with van der Waals surface area (Å²) in [5.41, 5.74) is 0.792. The van der Waals surface area contributed by atoms with Crippen LogP contribution in [0.5, 0.6) is 0 Å². The number of nitrogens with zero attached hydrogens (tertiary/aromatic N) is 4. The highest BCUT2D eigenvalue weighted by Gasteiger charge is 2.14. The molecule has 0 spiro atoms. The average Bonchev–Trinajstić information content (AvgIpc) is 3.26. The van der Waals surface area contributed by atoms with Gasteiger partial charge in [0.2, 0.25) is 5.91 Å². The van der Waals surface area contributed by atoms with Gasteiger partial charge < -0.3 is 15.5 Å². The number of nitrogens with one attached hydrogen (secondary N) is 2. The van der Waals surface area contributed by atoms with Crippen LogP contribution in [0.1, 0.15) is 30.3 Å². The Morgan fingerprint density at radius 3 is 2.74 bits per heavy atom. The Balaban J connectivity index is 1.40. The number of amides is 1. The molecule has 0 unspecified atom stereocenters. The molecule has 0 bridgehead atoms. The van der Waals surface area contributed by atoms with E-state index in [1.807, 2.05) is 11.6 Å². The van der Waals surface area contributed by atoms with E-state index in [0.29, 0.717) is 11.0 Å². The maximum Gasteiger partial charge on any atom is 0.232 e. The fourth-order valence-electron chi connectivity index (χ4n) is 2.80. The Kier molecular flexibility index (Phi) is 7.17. The molecule has 0 aliphatic carbocycles. The van der Waals surface area contributed by atoms with Crippen LogP contribution in [-0.2, 0) is 11.2 Å². The Morgan fingerprint density at radius 1 is 1.26 bits per heavy atom. The molecule has 0 saturated carbocycles. The number of piperazine rings is 1. The lowest BCUT2D eigenvalue weighted by Gasteiger charge is -2.32. The van der Waals surface area contributed by atoms with E-state index in [2.05, 4.69) is 51.3 Å². The molecular formula is C18H28N6OS2. The highest BCUT2D eigenvalue weighted by atomic mass is 32.1. The lowest BCUT2D eigenvalue weighted by molar-refractivity contribution is -0.115. The normalized spacial score (nSPS) is 16.0. The standard InChI is InChI=1S/C18H28N6OS2/c1-13(2)15-11-20-18(27-15)22-16(25)10-14-12-26-17(21-14)19-4-5-24-8-6-23(3)7-9-24/h11-13H,4-10H2,1-3H3,(H,19,21)(H,20,22,25). The van der Waals surface area contributed by atoms with Gasteiger partial charge in [-0.2, -0.15) is 0 Å². The highest BCUT2D eigenvalue weighted by molar-refractivity contribution is 7.15. The predicted octanol–water partition coefficient (Wildman–Crippen LogP) is 2.56. The predicted molar refractivity (Wildman–Crippen MR) is 113 cm³/mol. The summed E-state index contributed by atoms with van der Waals surface area (Å²) in [6.45, 7) is 10.6. The molecule has 2 aromatic heterocycles. The molecule has 2 aromatic rings. The van der Waals surface area contributed by atoms with Crippen LogP contribution in [0.3, 0.4) is 0 Å². The summed E-state index contributed by atoms with van der Waals surface area (Å²) in [5, 5.41) is 9.72. The molecule has 0 atom stereocenters. The summed E-state index contributed by atoms with van der Waals surface area (Å²) >= 11 is 3.08. The molecule has 1 aliphatic heterocycles. The second-order valence-electron chi connectivity index (χ2n) is 7.16. The number of rotatable bonds is 8. The average molecular weight is 409 g/mol. The van der Waals surface area contributed by atoms with Crippen molar-refractivity contribution in [1.82, 2.24) is 19.8 Å². The van der Waals surface area contributed by atoms with Crippen LogP contribution in [-0.4, -0.2) is 72.0 Å². The van der Waals surface area contributed by atoms with E-state index < -0.39 is 0 Å². The molecular weight excluding hydrogens is 380 g/mol. The second kappa shape index (κ2) is 9.59. The van der Waals surface area contributed by atoms with Crippen LogP contribution in [0, 0.1) is 0 Å². The van der Waals surface area contributed by atoms with Crippen molar-refractivity contribution in [2.75, 3.05) is 56.9 Å². The monoisotopic (exact) mass is 408 g/mol. The Morgan fingerprint density at radius 2 is 2.04 bits per heavy atom. The van der Waals surface area contributed by atoms with Gasteiger partial charge in [-0.3, -0.25) is 9.69 Å². The first-order valence-corrected chi connectivity index (χ1v) is 11.0. The van der Waals surface area contributed by atoms with Gasteiger partial charge in [-0.05, 0) is 13.0 Å². The number of aromatic nitrogens is 2. The molecule has 1 fully saturated rings. The summed E-state index contributed by atoms with van der Waals surface area (Å²) in [5.74, 6) is 0.347. The van der Waals surface area contributed by atoms with Gasteiger partial charge in [-0.25, -0.2) is 9.97 Å². The molecule has 3 heterocycles. The summed E-state index contributed by atoms with van der Waals surface area (Å²) in [7, 11) is 2.17. The maximum atomic E-state index is 12.2. The maximum absolute atomic E-state index is 12.2. The van der Waals surface area contributed by atoms with Gasteiger partial charge in [-0.15, -0.1) is 22.7 Å². The molecule has 0 aromatic carbocycles. The van der Waals surface area contributed by atoms with Gasteiger partial charge >= 0.3 is 0 Å². The van der Waals surface area contributed by atoms with Gasteiger partial charge in [-0.1, -0.05) is 13.8 Å². The minimum atomic E-state index is -0.0751. The third kappa shape index (κ3) is 6.24. The highest BCUT2D eigenvalue weighted by Crippen LogP contribution is 2.25. The number of carbonyl (C=O) groups excluding carboxylic acids is 1. The molecule has 2 N–H and O–H groups in total. The van der Waals surface area contributed by atoms with Crippen molar-refractivity contribution in [3.63, 3.8) is 0 Å². The lowest BCUT2D eigenvalue weighted by atomic mass is 10.2. The smallest absolute Gasteiger partial charge is 0.232 e. The van der Waals surface area contributed by atoms with Gasteiger partial charge in [0.1, 0.15) is 0 Å². The van der Waals surface area contributed by atoms with Crippen molar-refractivity contribution < 1.29 is 4.79 Å². The van der Waals surface area contributed by atoms with E-state index in [1.54, 1.807) is 11.3 Å². The number of anilines is 2. The van der Waals surface area contributed by atoms with Crippen molar-refractivity contribution in [2.24, 2.45) is 0 Å². The van der Waals surface area contributed by atoms with Crippen LogP contribution in [0.4, 0.5) is 10.3 Å². The molecule has 7 nitrogen and oxygen atoms in total. The van der Waals surface area contributed by atoms with Crippen LogP contribution in [0.25, 0.3) is 0 Å². The first-order chi connectivity index (χ1) is 13.0. The first kappa shape index (κ1) is 20.2. The van der Waals surface area contributed by atoms with Crippen LogP contribution >= 0.6 is 22.7 Å². The Bertz CT molecular complexity index is 736. The van der Waals surface area contributed by atoms with Gasteiger partial charge in [0, 0.05) is 55.7 Å². The van der Waals surface area contributed by atoms with E-state index >= 15 is 0 Å². The van der Waals surface area contributed by atoms with Crippen molar-refractivity contribution in [2.45, 2.75) is 26.2 Å². The molecule has 1 amide bonds. The van der Waals surface area contributed by atoms with E-state index in [-0.39, 0.29) is 12.3 Å². The van der Waals surface area contributed by atoms with Crippen LogP contribution in [0.2, 0.25) is 0 Å². The Hall–Kier alpha value is -1.55. The van der Waals surface area contributed by atoms with Gasteiger partial charge in [0.15, 0.2) is 10.3 Å². The molecule has 27 heavy (non-hydrogen) atoms. The van der Waals surface area contributed by atoms with E-state index in [4.69, 9.17) is 0 Å². The van der Waals surface area contributed by atoms with Gasteiger partial charge in [0.25, 0.3) is 0 Å². The number of hydrogen-bond donors (Lipinski definition) is 2. The number of hydrogen-bond acceptors (Lipinski definition) is 8. The van der Waals surface area contributed by atoms with Gasteiger partial charge in [0.05, 0.1) is 12.1 Å². The van der Waals surface area contributed by atoms with Crippen LogP contribution < -0.4 is 10.6 Å². The number of thiazole rings is 2. The second-order valence-corrected chi connectivity index (χ2v) is 9.08. The third-order valence-electron chi connectivity index (χ3n) is 4.53. The fraction of sp³-hybridized carbons (Fsp3) is 0.611. The zero-order valence-electron chi connectivity index (χ0n) is 16.2.